The first-order chi connectivity index (χ1) is 12.5. The Morgan fingerprint density at radius 1 is 1.23 bits per heavy atom. The predicted molar refractivity (Wildman–Crippen MR) is 109 cm³/mol. The van der Waals surface area contributed by atoms with Crippen LogP contribution in [0.15, 0.2) is 34.8 Å². The number of carbonyl (C=O) groups is 1. The van der Waals surface area contributed by atoms with Gasteiger partial charge in [0, 0.05) is 28.6 Å². The van der Waals surface area contributed by atoms with Crippen LogP contribution < -0.4 is 5.32 Å². The van der Waals surface area contributed by atoms with Crippen molar-refractivity contribution >= 4 is 34.7 Å². The van der Waals surface area contributed by atoms with E-state index >= 15 is 0 Å². The maximum Gasteiger partial charge on any atom is 0.234 e. The zero-order valence-corrected chi connectivity index (χ0v) is 17.0. The van der Waals surface area contributed by atoms with Gasteiger partial charge in [-0.1, -0.05) is 36.4 Å². The lowest BCUT2D eigenvalue weighted by Gasteiger charge is -2.06. The van der Waals surface area contributed by atoms with Crippen LogP contribution in [0.4, 0.5) is 5.69 Å². The van der Waals surface area contributed by atoms with Crippen molar-refractivity contribution in [2.75, 3.05) is 11.1 Å². The van der Waals surface area contributed by atoms with Crippen LogP contribution in [0.3, 0.4) is 0 Å². The minimum absolute atomic E-state index is 0.0518. The molecule has 0 atom stereocenters. The molecule has 0 unspecified atom stereocenters. The largest absolute Gasteiger partial charge is 0.325 e. The second-order valence-corrected chi connectivity index (χ2v) is 8.13. The van der Waals surface area contributed by atoms with Crippen molar-refractivity contribution in [3.63, 3.8) is 0 Å². The maximum atomic E-state index is 12.2. The Hall–Kier alpha value is -2.12. The van der Waals surface area contributed by atoms with E-state index in [4.69, 9.17) is 0 Å². The first-order valence-electron chi connectivity index (χ1n) is 8.45. The zero-order valence-electron chi connectivity index (χ0n) is 15.4. The molecule has 0 saturated heterocycles. The summed E-state index contributed by atoms with van der Waals surface area (Å²) >= 11 is 3.13. The third kappa shape index (κ3) is 3.99. The number of benzene rings is 1. The second-order valence-electron chi connectivity index (χ2n) is 6.11. The molecule has 0 radical (unpaired) electrons. The van der Waals surface area contributed by atoms with Crippen LogP contribution in [0.5, 0.6) is 0 Å². The Bertz CT molecular complexity index is 912. The quantitative estimate of drug-likeness (QED) is 0.636. The van der Waals surface area contributed by atoms with Gasteiger partial charge in [0.1, 0.15) is 0 Å². The smallest absolute Gasteiger partial charge is 0.234 e. The lowest BCUT2D eigenvalue weighted by molar-refractivity contribution is -0.113. The molecule has 3 aromatic rings. The van der Waals surface area contributed by atoms with Gasteiger partial charge in [0.15, 0.2) is 11.0 Å². The molecule has 1 aromatic carbocycles. The molecule has 2 heterocycles. The number of aromatic nitrogens is 3. The molecule has 5 nitrogen and oxygen atoms in total. The third-order valence-corrected chi connectivity index (χ3v) is 6.17. The lowest BCUT2D eigenvalue weighted by atomic mass is 10.1. The first-order valence-corrected chi connectivity index (χ1v) is 10.3. The number of hydrogen-bond donors (Lipinski definition) is 1. The number of aryl methyl sites for hydroxylation is 2. The van der Waals surface area contributed by atoms with Crippen molar-refractivity contribution in [1.82, 2.24) is 14.8 Å². The topological polar surface area (TPSA) is 59.8 Å². The molecule has 1 N–H and O–H groups in total. The summed E-state index contributed by atoms with van der Waals surface area (Å²) in [5.41, 5.74) is 4.43. The van der Waals surface area contributed by atoms with Crippen molar-refractivity contribution in [3.05, 3.63) is 45.6 Å². The molecule has 0 fully saturated rings. The Kier molecular flexibility index (Phi) is 5.78. The third-order valence-electron chi connectivity index (χ3n) is 4.20. The van der Waals surface area contributed by atoms with E-state index in [1.54, 1.807) is 11.3 Å². The molecule has 7 heteroatoms. The van der Waals surface area contributed by atoms with E-state index < -0.39 is 0 Å². The number of carbonyl (C=O) groups excluding carboxylic acids is 1. The standard InChI is InChI=1S/C19H22N4OS2/c1-5-15-13(3)25-10-16(15)18-21-22-19(23(18)4)26-11-17(24)20-14-8-6-12(2)7-9-14/h6-10H,5,11H2,1-4H3,(H,20,24). The average Bonchev–Trinajstić information content (AvgIpc) is 3.17. The van der Waals surface area contributed by atoms with Gasteiger partial charge in [0.05, 0.1) is 5.75 Å². The molecule has 136 valence electrons. The van der Waals surface area contributed by atoms with Crippen molar-refractivity contribution in [3.8, 4) is 11.4 Å². The Morgan fingerprint density at radius 3 is 2.65 bits per heavy atom. The molecule has 0 aliphatic carbocycles. The molecule has 0 saturated carbocycles. The molecule has 0 aliphatic rings. The number of nitrogens with zero attached hydrogens (tertiary/aromatic N) is 3. The van der Waals surface area contributed by atoms with Crippen molar-refractivity contribution in [2.24, 2.45) is 7.05 Å². The van der Waals surface area contributed by atoms with Gasteiger partial charge in [0.25, 0.3) is 0 Å². The van der Waals surface area contributed by atoms with Gasteiger partial charge in [0.2, 0.25) is 5.91 Å². The fourth-order valence-electron chi connectivity index (χ4n) is 2.75. The summed E-state index contributed by atoms with van der Waals surface area (Å²) in [7, 11) is 1.95. The number of hydrogen-bond acceptors (Lipinski definition) is 5. The van der Waals surface area contributed by atoms with Gasteiger partial charge < -0.3 is 9.88 Å². The fourth-order valence-corrected chi connectivity index (χ4v) is 4.40. The van der Waals surface area contributed by atoms with Gasteiger partial charge in [-0.3, -0.25) is 4.79 Å². The Labute approximate surface area is 161 Å². The number of nitrogens with one attached hydrogen (secondary N) is 1. The van der Waals surface area contributed by atoms with Gasteiger partial charge >= 0.3 is 0 Å². The van der Waals surface area contributed by atoms with Crippen LogP contribution in [0.2, 0.25) is 0 Å². The van der Waals surface area contributed by atoms with Crippen LogP contribution in [-0.4, -0.2) is 26.4 Å². The summed E-state index contributed by atoms with van der Waals surface area (Å²) in [5.74, 6) is 1.10. The zero-order chi connectivity index (χ0) is 18.7. The monoisotopic (exact) mass is 386 g/mol. The molecule has 26 heavy (non-hydrogen) atoms. The highest BCUT2D eigenvalue weighted by Crippen LogP contribution is 2.31. The minimum atomic E-state index is -0.0518. The molecule has 0 bridgehead atoms. The van der Waals surface area contributed by atoms with Gasteiger partial charge in [-0.25, -0.2) is 0 Å². The summed E-state index contributed by atoms with van der Waals surface area (Å²) in [6.45, 7) is 6.31. The van der Waals surface area contributed by atoms with Crippen LogP contribution in [0.25, 0.3) is 11.4 Å². The molecule has 0 aliphatic heterocycles. The summed E-state index contributed by atoms with van der Waals surface area (Å²) in [6.07, 6.45) is 0.971. The fraction of sp³-hybridized carbons (Fsp3) is 0.316. The van der Waals surface area contributed by atoms with E-state index in [2.05, 4.69) is 34.7 Å². The lowest BCUT2D eigenvalue weighted by Crippen LogP contribution is -2.14. The molecule has 0 spiro atoms. The minimum Gasteiger partial charge on any atom is -0.325 e. The van der Waals surface area contributed by atoms with Gasteiger partial charge in [-0.15, -0.1) is 21.5 Å². The Morgan fingerprint density at radius 2 is 1.96 bits per heavy atom. The van der Waals surface area contributed by atoms with Gasteiger partial charge in [-0.05, 0) is 38.0 Å². The highest BCUT2D eigenvalue weighted by Gasteiger charge is 2.17. The van der Waals surface area contributed by atoms with Crippen molar-refractivity contribution in [2.45, 2.75) is 32.3 Å². The highest BCUT2D eigenvalue weighted by atomic mass is 32.2. The number of amides is 1. The summed E-state index contributed by atoms with van der Waals surface area (Å²) in [6, 6.07) is 7.77. The predicted octanol–water partition coefficient (Wildman–Crippen LogP) is 4.45. The summed E-state index contributed by atoms with van der Waals surface area (Å²) in [5, 5.41) is 14.4. The van der Waals surface area contributed by atoms with Crippen molar-refractivity contribution in [1.29, 1.82) is 0 Å². The maximum absolute atomic E-state index is 12.2. The number of anilines is 1. The number of thioether (sulfide) groups is 1. The van der Waals surface area contributed by atoms with E-state index in [9.17, 15) is 4.79 Å². The van der Waals surface area contributed by atoms with E-state index in [0.29, 0.717) is 5.75 Å². The first kappa shape index (κ1) is 18.7. The normalized spacial score (nSPS) is 10.9. The molecule has 3 rings (SSSR count). The second kappa shape index (κ2) is 8.05. The molecule has 2 aromatic heterocycles. The van der Waals surface area contributed by atoms with E-state index in [1.807, 2.05) is 42.8 Å². The number of rotatable bonds is 6. The van der Waals surface area contributed by atoms with Crippen LogP contribution >= 0.6 is 23.1 Å². The van der Waals surface area contributed by atoms with E-state index in [1.165, 1.54) is 27.8 Å². The summed E-state index contributed by atoms with van der Waals surface area (Å²) < 4.78 is 1.96. The molecule has 1 amide bonds. The highest BCUT2D eigenvalue weighted by molar-refractivity contribution is 7.99. The van der Waals surface area contributed by atoms with Crippen LogP contribution in [0, 0.1) is 13.8 Å². The Balaban J connectivity index is 1.66. The van der Waals surface area contributed by atoms with Gasteiger partial charge in [-0.2, -0.15) is 0 Å². The SMILES string of the molecule is CCc1c(-c2nnc(SCC(=O)Nc3ccc(C)cc3)n2C)csc1C. The molecular formula is C19H22N4OS2. The van der Waals surface area contributed by atoms with Crippen LogP contribution in [-0.2, 0) is 18.3 Å². The van der Waals surface area contributed by atoms with Crippen LogP contribution in [0.1, 0.15) is 22.9 Å². The molecular weight excluding hydrogens is 364 g/mol. The summed E-state index contributed by atoms with van der Waals surface area (Å²) in [4.78, 5) is 13.5. The van der Waals surface area contributed by atoms with E-state index in [0.717, 1.165) is 28.7 Å². The average molecular weight is 387 g/mol. The van der Waals surface area contributed by atoms with E-state index in [-0.39, 0.29) is 5.91 Å². The van der Waals surface area contributed by atoms with Crippen molar-refractivity contribution < 1.29 is 4.79 Å². The number of thiophene rings is 1.